The average molecular weight is 1140 g/mol. The van der Waals surface area contributed by atoms with E-state index in [4.69, 9.17) is 52.1 Å². The first-order valence-electron chi connectivity index (χ1n) is 25.7. The minimum Gasteiger partial charge on any atom is -0.489 e. The maximum atomic E-state index is 14.1. The number of thiophene rings is 2. The lowest BCUT2D eigenvalue weighted by molar-refractivity contribution is -0.0592. The number of carboxylic acids is 2. The van der Waals surface area contributed by atoms with E-state index in [0.29, 0.717) is 68.6 Å². The van der Waals surface area contributed by atoms with E-state index in [-0.39, 0.29) is 37.1 Å². The molecule has 0 bridgehead atoms. The van der Waals surface area contributed by atoms with Crippen molar-refractivity contribution in [3.63, 3.8) is 0 Å². The molecule has 20 heteroatoms. The highest BCUT2D eigenvalue weighted by atomic mass is 35.5. The fourth-order valence-corrected chi connectivity index (χ4v) is 12.0. The molecule has 12 rings (SSSR count). The van der Waals surface area contributed by atoms with Gasteiger partial charge in [0.15, 0.2) is 0 Å². The lowest BCUT2D eigenvalue weighted by atomic mass is 9.99. The van der Waals surface area contributed by atoms with Crippen molar-refractivity contribution in [2.24, 2.45) is 0 Å². The summed E-state index contributed by atoms with van der Waals surface area (Å²) in [7, 11) is 0. The fourth-order valence-electron chi connectivity index (χ4n) is 9.84. The maximum absolute atomic E-state index is 14.1. The van der Waals surface area contributed by atoms with Gasteiger partial charge < -0.3 is 38.3 Å². The Morgan fingerprint density at radius 1 is 0.654 bits per heavy atom. The van der Waals surface area contributed by atoms with Gasteiger partial charge in [-0.3, -0.25) is 9.80 Å². The second-order valence-electron chi connectivity index (χ2n) is 19.6. The van der Waals surface area contributed by atoms with Crippen molar-refractivity contribution in [2.45, 2.75) is 77.3 Å². The summed E-state index contributed by atoms with van der Waals surface area (Å²) in [6.45, 7) is 7.81. The zero-order chi connectivity index (χ0) is 53.9. The summed E-state index contributed by atoms with van der Waals surface area (Å²) in [5.74, 6) is 0.638. The number of carbonyl (C=O) groups is 2. The van der Waals surface area contributed by atoms with Crippen LogP contribution in [0.1, 0.15) is 78.9 Å². The number of aromatic carboxylic acids is 2. The van der Waals surface area contributed by atoms with Crippen LogP contribution in [0.5, 0.6) is 11.5 Å². The van der Waals surface area contributed by atoms with E-state index in [2.05, 4.69) is 43.2 Å². The zero-order valence-corrected chi connectivity index (χ0v) is 45.4. The van der Waals surface area contributed by atoms with E-state index in [1.54, 1.807) is 36.4 Å². The van der Waals surface area contributed by atoms with E-state index in [0.717, 1.165) is 109 Å². The van der Waals surface area contributed by atoms with Crippen molar-refractivity contribution in [1.29, 1.82) is 0 Å². The number of nitrogens with zero attached hydrogens (tertiary/aromatic N) is 6. The number of benzene rings is 4. The van der Waals surface area contributed by atoms with E-state index in [1.165, 1.54) is 46.0 Å². The van der Waals surface area contributed by atoms with E-state index < -0.39 is 11.9 Å². The van der Waals surface area contributed by atoms with Gasteiger partial charge in [-0.25, -0.2) is 28.3 Å². The van der Waals surface area contributed by atoms with Crippen LogP contribution < -0.4 is 9.47 Å². The number of halogens is 4. The normalized spacial score (nSPS) is 17.7. The minimum atomic E-state index is -0.925. The lowest BCUT2D eigenvalue weighted by Crippen LogP contribution is -2.33. The number of fused-ring (bicyclic) bond motifs is 2. The highest BCUT2D eigenvalue weighted by Gasteiger charge is 2.28. The van der Waals surface area contributed by atoms with Crippen molar-refractivity contribution < 1.29 is 47.5 Å². The molecule has 404 valence electrons. The van der Waals surface area contributed by atoms with E-state index >= 15 is 0 Å². The summed E-state index contributed by atoms with van der Waals surface area (Å²) in [6, 6.07) is 28.3. The third kappa shape index (κ3) is 12.5. The molecule has 8 heterocycles. The predicted molar refractivity (Wildman–Crippen MR) is 298 cm³/mol. The molecule has 0 saturated carbocycles. The SMILES string of the molecule is O=C(O)c1cc2c(nc(CN3CC=C(c4cccc(OCc5ccc(Cl)cc5F)c4)CC3)n2C[C@@H]2CCO2)s1.O=C(O)c1cc2nc(CN3CC=C(c4cccc(OCc5ccc(Cl)cc5F)c4)CC3)n(C[C@@H]3CCO3)c2s1. The summed E-state index contributed by atoms with van der Waals surface area (Å²) in [5.41, 5.74) is 7.18. The summed E-state index contributed by atoms with van der Waals surface area (Å²) in [4.78, 5) is 39.5. The minimum absolute atomic E-state index is 0.128. The molecule has 0 radical (unpaired) electrons. The Morgan fingerprint density at radius 2 is 1.17 bits per heavy atom. The van der Waals surface area contributed by atoms with Crippen molar-refractivity contribution in [3.8, 4) is 11.5 Å². The van der Waals surface area contributed by atoms with Crippen molar-refractivity contribution in [3.05, 3.63) is 175 Å². The molecule has 0 amide bonds. The van der Waals surface area contributed by atoms with E-state index in [9.17, 15) is 28.6 Å². The first kappa shape index (κ1) is 53.5. The highest BCUT2D eigenvalue weighted by Crippen LogP contribution is 2.34. The van der Waals surface area contributed by atoms with Gasteiger partial charge in [0, 0.05) is 60.6 Å². The first-order valence-corrected chi connectivity index (χ1v) is 28.1. The number of hydrogen-bond donors (Lipinski definition) is 2. The Kier molecular flexibility index (Phi) is 16.4. The smallest absolute Gasteiger partial charge is 0.346 e. The molecule has 8 aromatic rings. The molecule has 14 nitrogen and oxygen atoms in total. The molecule has 0 unspecified atom stereocenters. The molecule has 4 aromatic heterocycles. The van der Waals surface area contributed by atoms with Crippen LogP contribution in [0.2, 0.25) is 10.0 Å². The van der Waals surface area contributed by atoms with Crippen LogP contribution in [0.3, 0.4) is 0 Å². The Labute approximate surface area is 466 Å². The van der Waals surface area contributed by atoms with Gasteiger partial charge in [-0.05, 0) is 109 Å². The Balaban J connectivity index is 0.000000165. The second-order valence-corrected chi connectivity index (χ2v) is 22.5. The molecule has 2 saturated heterocycles. The lowest BCUT2D eigenvalue weighted by Gasteiger charge is -2.29. The van der Waals surface area contributed by atoms with Crippen LogP contribution in [0, 0.1) is 11.6 Å². The number of ether oxygens (including phenoxy) is 4. The molecule has 4 aliphatic rings. The van der Waals surface area contributed by atoms with Crippen LogP contribution >= 0.6 is 45.9 Å². The number of aromatic nitrogens is 4. The average Bonchev–Trinajstić information content (AvgIpc) is 4.21. The molecule has 2 fully saturated rings. The molecule has 4 aliphatic heterocycles. The van der Waals surface area contributed by atoms with Crippen LogP contribution in [0.15, 0.2) is 109 Å². The number of rotatable bonds is 18. The summed E-state index contributed by atoms with van der Waals surface area (Å²) in [6.07, 6.45) is 8.51. The van der Waals surface area contributed by atoms with Crippen molar-refractivity contribution in [1.82, 2.24) is 28.9 Å². The van der Waals surface area contributed by atoms with Crippen molar-refractivity contribution in [2.75, 3.05) is 39.4 Å². The Morgan fingerprint density at radius 3 is 1.64 bits per heavy atom. The third-order valence-corrected chi connectivity index (χ3v) is 17.0. The van der Waals surface area contributed by atoms with Gasteiger partial charge in [-0.15, -0.1) is 22.7 Å². The topological polar surface area (TPSA) is 154 Å². The number of imidazole rings is 2. The molecule has 4 aromatic carbocycles. The van der Waals surface area contributed by atoms with Crippen LogP contribution in [0.25, 0.3) is 31.8 Å². The Hall–Kier alpha value is -6.48. The van der Waals surface area contributed by atoms with Gasteiger partial charge in [0.25, 0.3) is 0 Å². The maximum Gasteiger partial charge on any atom is 0.346 e. The monoisotopic (exact) mass is 1130 g/mol. The van der Waals surface area contributed by atoms with Gasteiger partial charge >= 0.3 is 11.9 Å². The van der Waals surface area contributed by atoms with Gasteiger partial charge in [-0.1, -0.05) is 71.8 Å². The summed E-state index contributed by atoms with van der Waals surface area (Å²) < 4.78 is 55.5. The standard InChI is InChI=1S/2C29H27ClFN3O4S/c30-21-5-4-20(24(31)13-21)17-38-22-3-1-2-19(12-22)18-6-9-33(10-7-18)16-27-32-28-25(14-26(39-28)29(35)36)34(27)15-23-8-11-37-23;30-21-5-4-20(24(31)13-21)17-38-22-3-1-2-19(12-22)18-6-9-33(10-7-18)16-27-32-25-14-26(29(35)36)39-28(25)34(27)15-23-8-11-37-23/h2*1-6,12-14,23H,7-11,15-17H2,(H,35,36)/t2*23-/m00/s1. The molecule has 2 atom stereocenters. The van der Waals surface area contributed by atoms with Gasteiger partial charge in [0.05, 0.1) is 43.9 Å². The molecule has 0 spiro atoms. The van der Waals surface area contributed by atoms with Gasteiger partial charge in [0.1, 0.15) is 72.9 Å². The number of carboxylic acid groups (broad SMARTS) is 2. The molecule has 78 heavy (non-hydrogen) atoms. The number of hydrogen-bond acceptors (Lipinski definition) is 12. The Bertz CT molecular complexity index is 3350. The third-order valence-electron chi connectivity index (χ3n) is 14.4. The summed E-state index contributed by atoms with van der Waals surface area (Å²) >= 11 is 14.2. The molecular formula is C58H54Cl2F2N6O8S2. The van der Waals surface area contributed by atoms with Crippen LogP contribution in [0.4, 0.5) is 8.78 Å². The van der Waals surface area contributed by atoms with Crippen LogP contribution in [-0.2, 0) is 48.9 Å². The van der Waals surface area contributed by atoms with Crippen LogP contribution in [-0.4, -0.2) is 103 Å². The molecule has 2 N–H and O–H groups in total. The molecule has 0 aliphatic carbocycles. The van der Waals surface area contributed by atoms with Crippen molar-refractivity contribution >= 4 is 89.7 Å². The largest absolute Gasteiger partial charge is 0.489 e. The van der Waals surface area contributed by atoms with E-state index in [1.807, 2.05) is 36.4 Å². The van der Waals surface area contributed by atoms with Gasteiger partial charge in [0.2, 0.25) is 0 Å². The fraction of sp³-hybridized carbons (Fsp3) is 0.310. The highest BCUT2D eigenvalue weighted by molar-refractivity contribution is 7.20. The summed E-state index contributed by atoms with van der Waals surface area (Å²) in [5, 5.41) is 19.5. The quantitative estimate of drug-likeness (QED) is 0.0841. The zero-order valence-electron chi connectivity index (χ0n) is 42.2. The molecular weight excluding hydrogens is 1080 g/mol. The second kappa shape index (κ2) is 23.9. The van der Waals surface area contributed by atoms with Gasteiger partial charge in [-0.2, -0.15) is 0 Å². The first-order chi connectivity index (χ1) is 37.8. The predicted octanol–water partition coefficient (Wildman–Crippen LogP) is 12.5.